The summed E-state index contributed by atoms with van der Waals surface area (Å²) in [4.78, 5) is 19.4. The van der Waals surface area contributed by atoms with Gasteiger partial charge in [-0.05, 0) is 62.1 Å². The van der Waals surface area contributed by atoms with Crippen LogP contribution < -0.4 is 10.6 Å². The summed E-state index contributed by atoms with van der Waals surface area (Å²) >= 11 is 6.08. The zero-order chi connectivity index (χ0) is 24.7. The van der Waals surface area contributed by atoms with Crippen molar-refractivity contribution in [2.45, 2.75) is 43.9 Å². The second-order valence-electron chi connectivity index (χ2n) is 8.75. The molecule has 1 saturated carbocycles. The Bertz CT molecular complexity index is 1410. The summed E-state index contributed by atoms with van der Waals surface area (Å²) in [7, 11) is 0. The standard InChI is InChI=1S/C25H21ClF4N4O/c26-13-4-9-19-16(10-13)21(11-22(34-19)25(28,29)30)32-14-5-7-15(8-6-14)33-24(35)17-12-31-20-3-1-2-18(27)23(17)20/h1-4,9-12,14-15,31H,5-8H2,(H,32,34)(H,33,35)/t14-,15+. The van der Waals surface area contributed by atoms with Gasteiger partial charge in [0.2, 0.25) is 0 Å². The van der Waals surface area contributed by atoms with Gasteiger partial charge in [-0.1, -0.05) is 17.7 Å². The van der Waals surface area contributed by atoms with Crippen molar-refractivity contribution in [3.63, 3.8) is 0 Å². The fraction of sp³-hybridized carbons (Fsp3) is 0.280. The topological polar surface area (TPSA) is 69.8 Å². The number of rotatable bonds is 4. The molecule has 10 heteroatoms. The van der Waals surface area contributed by atoms with E-state index in [9.17, 15) is 22.4 Å². The van der Waals surface area contributed by atoms with Crippen molar-refractivity contribution < 1.29 is 22.4 Å². The number of H-pyrrole nitrogens is 1. The highest BCUT2D eigenvalue weighted by Gasteiger charge is 2.34. The molecule has 0 aliphatic heterocycles. The minimum atomic E-state index is -4.58. The van der Waals surface area contributed by atoms with Gasteiger partial charge in [0.05, 0.1) is 11.1 Å². The molecule has 35 heavy (non-hydrogen) atoms. The largest absolute Gasteiger partial charge is 0.433 e. The molecule has 1 amide bonds. The normalized spacial score (nSPS) is 18.7. The third-order valence-electron chi connectivity index (χ3n) is 6.38. The monoisotopic (exact) mass is 504 g/mol. The van der Waals surface area contributed by atoms with E-state index in [4.69, 9.17) is 11.6 Å². The van der Waals surface area contributed by atoms with E-state index in [2.05, 4.69) is 20.6 Å². The highest BCUT2D eigenvalue weighted by Crippen LogP contribution is 2.35. The third-order valence-corrected chi connectivity index (χ3v) is 6.62. The van der Waals surface area contributed by atoms with Crippen molar-refractivity contribution in [3.8, 4) is 0 Å². The van der Waals surface area contributed by atoms with Crippen molar-refractivity contribution in [1.82, 2.24) is 15.3 Å². The van der Waals surface area contributed by atoms with Crippen LogP contribution in [0.15, 0.2) is 48.7 Å². The van der Waals surface area contributed by atoms with E-state index in [1.807, 2.05) is 0 Å². The highest BCUT2D eigenvalue weighted by atomic mass is 35.5. The van der Waals surface area contributed by atoms with E-state index in [-0.39, 0.29) is 34.5 Å². The number of fused-ring (bicyclic) bond motifs is 2. The molecule has 0 spiro atoms. The molecule has 0 atom stereocenters. The van der Waals surface area contributed by atoms with Crippen LogP contribution in [0.4, 0.5) is 23.2 Å². The second-order valence-corrected chi connectivity index (χ2v) is 9.18. The van der Waals surface area contributed by atoms with Crippen LogP contribution in [0.1, 0.15) is 41.7 Å². The van der Waals surface area contributed by atoms with Gasteiger partial charge in [-0.3, -0.25) is 4.79 Å². The molecule has 4 aromatic rings. The summed E-state index contributed by atoms with van der Waals surface area (Å²) < 4.78 is 54.4. The Morgan fingerprint density at radius 2 is 1.80 bits per heavy atom. The van der Waals surface area contributed by atoms with Crippen LogP contribution in [-0.2, 0) is 6.18 Å². The lowest BCUT2D eigenvalue weighted by Crippen LogP contribution is -2.40. The van der Waals surface area contributed by atoms with Gasteiger partial charge in [0.1, 0.15) is 11.5 Å². The molecule has 0 radical (unpaired) electrons. The molecule has 3 N–H and O–H groups in total. The smallest absolute Gasteiger partial charge is 0.382 e. The van der Waals surface area contributed by atoms with Gasteiger partial charge in [-0.15, -0.1) is 0 Å². The number of benzene rings is 2. The summed E-state index contributed by atoms with van der Waals surface area (Å²) in [6, 6.07) is 9.96. The number of halogens is 5. The summed E-state index contributed by atoms with van der Waals surface area (Å²) in [6.45, 7) is 0. The molecule has 0 unspecified atom stereocenters. The Kier molecular flexibility index (Phi) is 6.04. The lowest BCUT2D eigenvalue weighted by atomic mass is 9.90. The summed E-state index contributed by atoms with van der Waals surface area (Å²) in [5, 5.41) is 7.37. The number of aromatic nitrogens is 2. The highest BCUT2D eigenvalue weighted by molar-refractivity contribution is 6.31. The molecule has 2 heterocycles. The van der Waals surface area contributed by atoms with E-state index in [1.54, 1.807) is 18.2 Å². The third kappa shape index (κ3) is 4.77. The SMILES string of the molecule is O=C(N[C@H]1CC[C@@H](Nc2cc(C(F)(F)F)nc3ccc(Cl)cc23)CC1)c1c[nH]c2cccc(F)c12. The van der Waals surface area contributed by atoms with Gasteiger partial charge in [-0.2, -0.15) is 13.2 Å². The van der Waals surface area contributed by atoms with E-state index >= 15 is 0 Å². The zero-order valence-corrected chi connectivity index (χ0v) is 19.1. The second kappa shape index (κ2) is 9.03. The average Bonchev–Trinajstić information content (AvgIpc) is 3.26. The Morgan fingerprint density at radius 3 is 2.54 bits per heavy atom. The number of anilines is 1. The minimum Gasteiger partial charge on any atom is -0.382 e. The first kappa shape index (κ1) is 23.4. The predicted molar refractivity (Wildman–Crippen MR) is 127 cm³/mol. The molecule has 5 nitrogen and oxygen atoms in total. The van der Waals surface area contributed by atoms with Crippen molar-refractivity contribution in [3.05, 3.63) is 70.8 Å². The molecule has 1 fully saturated rings. The van der Waals surface area contributed by atoms with Crippen molar-refractivity contribution in [2.75, 3.05) is 5.32 Å². The van der Waals surface area contributed by atoms with Crippen LogP contribution in [0, 0.1) is 5.82 Å². The first-order valence-electron chi connectivity index (χ1n) is 11.2. The molecular weight excluding hydrogens is 484 g/mol. The van der Waals surface area contributed by atoms with Crippen molar-refractivity contribution in [2.24, 2.45) is 0 Å². The number of nitrogens with one attached hydrogen (secondary N) is 3. The first-order chi connectivity index (χ1) is 16.7. The van der Waals surface area contributed by atoms with E-state index in [0.29, 0.717) is 47.3 Å². The molecule has 2 aromatic heterocycles. The Morgan fingerprint density at radius 1 is 1.06 bits per heavy atom. The number of nitrogens with zero attached hydrogens (tertiary/aromatic N) is 1. The van der Waals surface area contributed by atoms with Gasteiger partial charge >= 0.3 is 6.18 Å². The Balaban J connectivity index is 1.28. The summed E-state index contributed by atoms with van der Waals surface area (Å²) in [5.74, 6) is -0.827. The fourth-order valence-corrected chi connectivity index (χ4v) is 4.82. The molecule has 182 valence electrons. The van der Waals surface area contributed by atoms with Crippen molar-refractivity contribution >= 4 is 45.0 Å². The summed E-state index contributed by atoms with van der Waals surface area (Å²) in [6.07, 6.45) is -0.547. The van der Waals surface area contributed by atoms with Gasteiger partial charge < -0.3 is 15.6 Å². The predicted octanol–water partition coefficient (Wildman–Crippen LogP) is 6.68. The molecule has 5 rings (SSSR count). The molecular formula is C25H21ClF4N4O. The number of hydrogen-bond acceptors (Lipinski definition) is 3. The fourth-order valence-electron chi connectivity index (χ4n) is 4.65. The lowest BCUT2D eigenvalue weighted by molar-refractivity contribution is -0.140. The van der Waals surface area contributed by atoms with E-state index in [1.165, 1.54) is 24.4 Å². The summed E-state index contributed by atoms with van der Waals surface area (Å²) in [5.41, 5.74) is 0.357. The quantitative estimate of drug-likeness (QED) is 0.271. The Labute approximate surface area is 202 Å². The number of pyridine rings is 1. The van der Waals surface area contributed by atoms with Crippen molar-refractivity contribution in [1.29, 1.82) is 0 Å². The van der Waals surface area contributed by atoms with Crippen LogP contribution in [-0.4, -0.2) is 28.0 Å². The van der Waals surface area contributed by atoms with Crippen LogP contribution >= 0.6 is 11.6 Å². The van der Waals surface area contributed by atoms with Crippen LogP contribution in [0.3, 0.4) is 0 Å². The molecule has 0 saturated heterocycles. The lowest BCUT2D eigenvalue weighted by Gasteiger charge is -2.30. The number of hydrogen-bond donors (Lipinski definition) is 3. The van der Waals surface area contributed by atoms with Crippen LogP contribution in [0.5, 0.6) is 0 Å². The van der Waals surface area contributed by atoms with Crippen LogP contribution in [0.2, 0.25) is 5.02 Å². The maximum atomic E-state index is 14.2. The van der Waals surface area contributed by atoms with E-state index in [0.717, 1.165) is 6.07 Å². The number of carbonyl (C=O) groups excluding carboxylic acids is 1. The zero-order valence-electron chi connectivity index (χ0n) is 18.3. The average molecular weight is 505 g/mol. The van der Waals surface area contributed by atoms with E-state index < -0.39 is 17.7 Å². The maximum absolute atomic E-state index is 14.2. The van der Waals surface area contributed by atoms with Gasteiger partial charge in [0, 0.05) is 45.3 Å². The molecule has 1 aliphatic rings. The molecule has 0 bridgehead atoms. The number of aromatic amines is 1. The number of carbonyl (C=O) groups is 1. The number of amides is 1. The van der Waals surface area contributed by atoms with Crippen LogP contribution in [0.25, 0.3) is 21.8 Å². The van der Waals surface area contributed by atoms with Gasteiger partial charge in [0.15, 0.2) is 0 Å². The maximum Gasteiger partial charge on any atom is 0.433 e. The Hall–Kier alpha value is -3.33. The van der Waals surface area contributed by atoms with Gasteiger partial charge in [0.25, 0.3) is 5.91 Å². The molecule has 1 aliphatic carbocycles. The molecule has 2 aromatic carbocycles. The number of alkyl halides is 3. The van der Waals surface area contributed by atoms with Gasteiger partial charge in [-0.25, -0.2) is 9.37 Å². The minimum absolute atomic E-state index is 0.0839. The first-order valence-corrected chi connectivity index (χ1v) is 11.6.